The van der Waals surface area contributed by atoms with Crippen LogP contribution in [-0.2, 0) is 6.42 Å². The maximum atomic E-state index is 13.1. The molecule has 0 amide bonds. The van der Waals surface area contributed by atoms with E-state index in [0.717, 1.165) is 32.5 Å². The van der Waals surface area contributed by atoms with E-state index in [2.05, 4.69) is 39.8 Å². The minimum atomic E-state index is -0.438. The molecular formula is C18H19ClFN3S. The zero-order valence-corrected chi connectivity index (χ0v) is 14.8. The van der Waals surface area contributed by atoms with Crippen molar-refractivity contribution in [3.05, 3.63) is 58.9 Å². The van der Waals surface area contributed by atoms with Gasteiger partial charge in [0.25, 0.3) is 0 Å². The molecule has 0 bridgehead atoms. The second-order valence-corrected chi connectivity index (χ2v) is 6.54. The first-order chi connectivity index (χ1) is 11.6. The molecule has 2 aromatic carbocycles. The monoisotopic (exact) mass is 363 g/mol. The molecule has 6 heteroatoms. The Hall–Kier alpha value is -1.85. The van der Waals surface area contributed by atoms with Crippen molar-refractivity contribution >= 4 is 40.3 Å². The molecule has 0 spiro atoms. The Labute approximate surface area is 151 Å². The van der Waals surface area contributed by atoms with Crippen LogP contribution in [0.4, 0.5) is 15.8 Å². The summed E-state index contributed by atoms with van der Waals surface area (Å²) in [5.74, 6) is -0.438. The molecule has 2 N–H and O–H groups in total. The summed E-state index contributed by atoms with van der Waals surface area (Å²) in [4.78, 5) is 2.41. The summed E-state index contributed by atoms with van der Waals surface area (Å²) < 4.78 is 13.1. The van der Waals surface area contributed by atoms with Gasteiger partial charge in [-0.1, -0.05) is 29.8 Å². The SMILES string of the molecule is Fc1ccc(NC(=S)NCCCN2CCc3ccccc32)cc1Cl. The highest BCUT2D eigenvalue weighted by molar-refractivity contribution is 7.80. The molecule has 1 aliphatic heterocycles. The van der Waals surface area contributed by atoms with E-state index < -0.39 is 5.82 Å². The Kier molecular flexibility index (Phi) is 5.53. The van der Waals surface area contributed by atoms with Gasteiger partial charge >= 0.3 is 0 Å². The predicted octanol–water partition coefficient (Wildman–Crippen LogP) is 4.22. The van der Waals surface area contributed by atoms with E-state index in [-0.39, 0.29) is 5.02 Å². The van der Waals surface area contributed by atoms with Crippen molar-refractivity contribution in [2.45, 2.75) is 12.8 Å². The standard InChI is InChI=1S/C18H19ClFN3S/c19-15-12-14(6-7-16(15)20)22-18(24)21-9-3-10-23-11-8-13-4-1-2-5-17(13)23/h1-2,4-7,12H,3,8-11H2,(H2,21,22,24). The number of hydrogen-bond acceptors (Lipinski definition) is 2. The molecule has 24 heavy (non-hydrogen) atoms. The summed E-state index contributed by atoms with van der Waals surface area (Å²) in [5.41, 5.74) is 3.45. The smallest absolute Gasteiger partial charge is 0.170 e. The number of nitrogens with zero attached hydrogens (tertiary/aromatic N) is 1. The van der Waals surface area contributed by atoms with Crippen LogP contribution in [0, 0.1) is 5.82 Å². The number of rotatable bonds is 5. The van der Waals surface area contributed by atoms with Gasteiger partial charge in [0, 0.05) is 31.0 Å². The fraction of sp³-hybridized carbons (Fsp3) is 0.278. The van der Waals surface area contributed by atoms with Crippen LogP contribution in [0.25, 0.3) is 0 Å². The number of anilines is 2. The number of halogens is 2. The van der Waals surface area contributed by atoms with Gasteiger partial charge < -0.3 is 15.5 Å². The third kappa shape index (κ3) is 4.16. The summed E-state index contributed by atoms with van der Waals surface area (Å²) in [6, 6.07) is 13.0. The largest absolute Gasteiger partial charge is 0.371 e. The van der Waals surface area contributed by atoms with E-state index in [1.807, 2.05) is 0 Å². The minimum Gasteiger partial charge on any atom is -0.371 e. The lowest BCUT2D eigenvalue weighted by molar-refractivity contribution is 0.628. The lowest BCUT2D eigenvalue weighted by Gasteiger charge is -2.19. The van der Waals surface area contributed by atoms with Crippen LogP contribution in [0.1, 0.15) is 12.0 Å². The Bertz CT molecular complexity index is 738. The number of benzene rings is 2. The van der Waals surface area contributed by atoms with Gasteiger partial charge in [0.1, 0.15) is 5.82 Å². The van der Waals surface area contributed by atoms with Crippen LogP contribution >= 0.6 is 23.8 Å². The summed E-state index contributed by atoms with van der Waals surface area (Å²) >= 11 is 11.0. The van der Waals surface area contributed by atoms with Gasteiger partial charge in [-0.25, -0.2) is 4.39 Å². The molecule has 0 aromatic heterocycles. The molecule has 0 saturated heterocycles. The van der Waals surface area contributed by atoms with E-state index >= 15 is 0 Å². The molecule has 2 aromatic rings. The predicted molar refractivity (Wildman–Crippen MR) is 103 cm³/mol. The fourth-order valence-electron chi connectivity index (χ4n) is 2.86. The van der Waals surface area contributed by atoms with Gasteiger partial charge in [0.05, 0.1) is 5.02 Å². The van der Waals surface area contributed by atoms with Gasteiger partial charge in [0.2, 0.25) is 0 Å². The van der Waals surface area contributed by atoms with Crippen LogP contribution in [-0.4, -0.2) is 24.7 Å². The Morgan fingerprint density at radius 1 is 1.25 bits per heavy atom. The Morgan fingerprint density at radius 3 is 2.92 bits per heavy atom. The van der Waals surface area contributed by atoms with E-state index in [9.17, 15) is 4.39 Å². The van der Waals surface area contributed by atoms with Crippen molar-refractivity contribution in [3.63, 3.8) is 0 Å². The van der Waals surface area contributed by atoms with E-state index in [0.29, 0.717) is 10.8 Å². The molecule has 0 fully saturated rings. The van der Waals surface area contributed by atoms with Gasteiger partial charge in [-0.05, 0) is 54.9 Å². The van der Waals surface area contributed by atoms with Gasteiger partial charge in [-0.3, -0.25) is 0 Å². The van der Waals surface area contributed by atoms with Gasteiger partial charge in [-0.15, -0.1) is 0 Å². The highest BCUT2D eigenvalue weighted by Gasteiger charge is 2.17. The molecule has 3 nitrogen and oxygen atoms in total. The highest BCUT2D eigenvalue weighted by atomic mass is 35.5. The summed E-state index contributed by atoms with van der Waals surface area (Å²) in [6.07, 6.45) is 2.11. The van der Waals surface area contributed by atoms with Crippen LogP contribution in [0.2, 0.25) is 5.02 Å². The van der Waals surface area contributed by atoms with Crippen LogP contribution < -0.4 is 15.5 Å². The third-order valence-corrected chi connectivity index (χ3v) is 4.59. The number of thiocarbonyl (C=S) groups is 1. The van der Waals surface area contributed by atoms with Crippen molar-refractivity contribution in [2.75, 3.05) is 29.9 Å². The molecule has 1 aliphatic rings. The molecular weight excluding hydrogens is 345 g/mol. The molecule has 0 radical (unpaired) electrons. The second-order valence-electron chi connectivity index (χ2n) is 5.73. The summed E-state index contributed by atoms with van der Waals surface area (Å²) in [6.45, 7) is 2.85. The van der Waals surface area contributed by atoms with Gasteiger partial charge in [0.15, 0.2) is 5.11 Å². The molecule has 0 unspecified atom stereocenters. The van der Waals surface area contributed by atoms with Crippen molar-refractivity contribution in [2.24, 2.45) is 0 Å². The summed E-state index contributed by atoms with van der Waals surface area (Å²) in [5, 5.41) is 6.77. The Morgan fingerprint density at radius 2 is 2.08 bits per heavy atom. The first-order valence-corrected chi connectivity index (χ1v) is 8.75. The van der Waals surface area contributed by atoms with Crippen molar-refractivity contribution < 1.29 is 4.39 Å². The van der Waals surface area contributed by atoms with E-state index in [4.69, 9.17) is 23.8 Å². The number of fused-ring (bicyclic) bond motifs is 1. The van der Waals surface area contributed by atoms with Crippen LogP contribution in [0.5, 0.6) is 0 Å². The van der Waals surface area contributed by atoms with E-state index in [1.165, 1.54) is 23.4 Å². The molecule has 0 saturated carbocycles. The molecule has 1 heterocycles. The Balaban J connectivity index is 1.40. The average molecular weight is 364 g/mol. The van der Waals surface area contributed by atoms with Crippen LogP contribution in [0.3, 0.4) is 0 Å². The molecule has 0 aliphatic carbocycles. The maximum Gasteiger partial charge on any atom is 0.170 e. The number of hydrogen-bond donors (Lipinski definition) is 2. The van der Waals surface area contributed by atoms with E-state index in [1.54, 1.807) is 6.07 Å². The number of nitrogens with one attached hydrogen (secondary N) is 2. The highest BCUT2D eigenvalue weighted by Crippen LogP contribution is 2.27. The summed E-state index contributed by atoms with van der Waals surface area (Å²) in [7, 11) is 0. The first kappa shape index (κ1) is 17.0. The molecule has 0 atom stereocenters. The first-order valence-electron chi connectivity index (χ1n) is 7.96. The lowest BCUT2D eigenvalue weighted by Crippen LogP contribution is -2.32. The topological polar surface area (TPSA) is 27.3 Å². The maximum absolute atomic E-state index is 13.1. The van der Waals surface area contributed by atoms with Crippen molar-refractivity contribution in [1.29, 1.82) is 0 Å². The van der Waals surface area contributed by atoms with Crippen molar-refractivity contribution in [3.8, 4) is 0 Å². The normalized spacial score (nSPS) is 12.8. The fourth-order valence-corrected chi connectivity index (χ4v) is 3.26. The zero-order chi connectivity index (χ0) is 16.9. The van der Waals surface area contributed by atoms with Crippen LogP contribution in [0.15, 0.2) is 42.5 Å². The lowest BCUT2D eigenvalue weighted by atomic mass is 10.2. The van der Waals surface area contributed by atoms with Crippen molar-refractivity contribution in [1.82, 2.24) is 5.32 Å². The number of para-hydroxylation sites is 1. The van der Waals surface area contributed by atoms with Gasteiger partial charge in [-0.2, -0.15) is 0 Å². The minimum absolute atomic E-state index is 0.0792. The molecule has 126 valence electrons. The zero-order valence-electron chi connectivity index (χ0n) is 13.2. The molecule has 3 rings (SSSR count). The average Bonchev–Trinajstić information content (AvgIpc) is 2.98. The second kappa shape index (κ2) is 7.81. The third-order valence-electron chi connectivity index (χ3n) is 4.05. The quantitative estimate of drug-likeness (QED) is 0.614.